The van der Waals surface area contributed by atoms with E-state index in [0.29, 0.717) is 18.4 Å². The highest BCUT2D eigenvalue weighted by Gasteiger charge is 2.46. The molecule has 4 rings (SSSR count). The average molecular weight is 326 g/mol. The molecule has 4 nitrogen and oxygen atoms in total. The molecule has 4 heteroatoms. The molecule has 1 heterocycles. The Morgan fingerprint density at radius 3 is 2.58 bits per heavy atom. The molecule has 1 saturated heterocycles. The number of piperidine rings is 1. The lowest BCUT2D eigenvalue weighted by molar-refractivity contribution is -0.130. The van der Waals surface area contributed by atoms with Crippen molar-refractivity contribution in [1.82, 2.24) is 10.2 Å². The van der Waals surface area contributed by atoms with Gasteiger partial charge in [0, 0.05) is 32.5 Å². The highest BCUT2D eigenvalue weighted by Crippen LogP contribution is 2.52. The zero-order chi connectivity index (χ0) is 16.7. The number of nitrogens with one attached hydrogen (secondary N) is 1. The number of carbonyl (C=O) groups excluding carboxylic acids is 2. The summed E-state index contributed by atoms with van der Waals surface area (Å²) in [6.07, 6.45) is 5.96. The molecule has 1 aliphatic heterocycles. The molecule has 0 radical (unpaired) electrons. The Morgan fingerprint density at radius 1 is 1.21 bits per heavy atom. The van der Waals surface area contributed by atoms with Crippen molar-refractivity contribution in [3.63, 3.8) is 0 Å². The summed E-state index contributed by atoms with van der Waals surface area (Å²) >= 11 is 0. The Morgan fingerprint density at radius 2 is 1.92 bits per heavy atom. The molecule has 2 amide bonds. The van der Waals surface area contributed by atoms with Crippen LogP contribution < -0.4 is 5.32 Å². The van der Waals surface area contributed by atoms with Gasteiger partial charge in [-0.1, -0.05) is 24.3 Å². The van der Waals surface area contributed by atoms with E-state index < -0.39 is 0 Å². The van der Waals surface area contributed by atoms with Crippen LogP contribution in [-0.4, -0.2) is 35.8 Å². The maximum absolute atomic E-state index is 12.3. The summed E-state index contributed by atoms with van der Waals surface area (Å²) in [5, 5.41) is 3.13. The number of hydrogen-bond donors (Lipinski definition) is 1. The summed E-state index contributed by atoms with van der Waals surface area (Å²) < 4.78 is 0. The van der Waals surface area contributed by atoms with Crippen LogP contribution in [0.3, 0.4) is 0 Å². The summed E-state index contributed by atoms with van der Waals surface area (Å²) in [4.78, 5) is 25.9. The molecule has 24 heavy (non-hydrogen) atoms. The fraction of sp³-hybridized carbons (Fsp3) is 0.600. The van der Waals surface area contributed by atoms with Gasteiger partial charge in [-0.3, -0.25) is 9.59 Å². The normalized spacial score (nSPS) is 24.7. The summed E-state index contributed by atoms with van der Waals surface area (Å²) in [6, 6.07) is 9.09. The summed E-state index contributed by atoms with van der Waals surface area (Å²) in [5.41, 5.74) is 2.95. The number of likely N-dealkylation sites (tertiary alicyclic amines) is 1. The van der Waals surface area contributed by atoms with E-state index >= 15 is 0 Å². The van der Waals surface area contributed by atoms with Crippen molar-refractivity contribution in [2.45, 2.75) is 62.8 Å². The van der Waals surface area contributed by atoms with Gasteiger partial charge in [0.15, 0.2) is 0 Å². The third-order valence-corrected chi connectivity index (χ3v) is 6.15. The first kappa shape index (κ1) is 15.7. The van der Waals surface area contributed by atoms with Crippen LogP contribution in [0.2, 0.25) is 0 Å². The molecule has 3 aliphatic rings. The third kappa shape index (κ3) is 2.83. The van der Waals surface area contributed by atoms with Gasteiger partial charge in [-0.05, 0) is 54.6 Å². The number of benzene rings is 1. The second-order valence-electron chi connectivity index (χ2n) is 7.82. The van der Waals surface area contributed by atoms with E-state index in [0.717, 1.165) is 45.2 Å². The van der Waals surface area contributed by atoms with Crippen LogP contribution in [-0.2, 0) is 15.0 Å². The quantitative estimate of drug-likeness (QED) is 0.928. The van der Waals surface area contributed by atoms with Crippen LogP contribution in [0.15, 0.2) is 24.3 Å². The van der Waals surface area contributed by atoms with E-state index in [4.69, 9.17) is 0 Å². The Kier molecular flexibility index (Phi) is 3.86. The molecular formula is C20H26N2O2. The van der Waals surface area contributed by atoms with Gasteiger partial charge in [0.2, 0.25) is 11.8 Å². The number of hydrogen-bond acceptors (Lipinski definition) is 2. The summed E-state index contributed by atoms with van der Waals surface area (Å²) in [5.74, 6) is 0.704. The fourth-order valence-electron chi connectivity index (χ4n) is 4.67. The molecule has 1 aromatic carbocycles. The zero-order valence-corrected chi connectivity index (χ0v) is 14.4. The fourth-order valence-corrected chi connectivity index (χ4v) is 4.67. The number of carbonyl (C=O) groups is 2. The van der Waals surface area contributed by atoms with Crippen molar-refractivity contribution in [3.8, 4) is 0 Å². The Balaban J connectivity index is 1.52. The number of fused-ring (bicyclic) bond motifs is 2. The minimum Gasteiger partial charge on any atom is -0.353 e. The predicted molar refractivity (Wildman–Crippen MR) is 92.7 cm³/mol. The Labute approximate surface area is 143 Å². The first-order chi connectivity index (χ1) is 11.6. The summed E-state index contributed by atoms with van der Waals surface area (Å²) in [7, 11) is 0. The predicted octanol–water partition coefficient (Wildman–Crippen LogP) is 2.72. The van der Waals surface area contributed by atoms with Crippen LogP contribution in [0.25, 0.3) is 0 Å². The van der Waals surface area contributed by atoms with Crippen LogP contribution >= 0.6 is 0 Å². The molecule has 1 saturated carbocycles. The van der Waals surface area contributed by atoms with Crippen molar-refractivity contribution < 1.29 is 9.59 Å². The van der Waals surface area contributed by atoms with E-state index in [9.17, 15) is 9.59 Å². The molecule has 1 aromatic rings. The molecule has 2 aliphatic carbocycles. The molecule has 1 unspecified atom stereocenters. The lowest BCUT2D eigenvalue weighted by Gasteiger charge is -2.40. The van der Waals surface area contributed by atoms with Gasteiger partial charge in [0.05, 0.1) is 0 Å². The van der Waals surface area contributed by atoms with Crippen LogP contribution in [0.5, 0.6) is 0 Å². The van der Waals surface area contributed by atoms with Gasteiger partial charge in [-0.25, -0.2) is 0 Å². The van der Waals surface area contributed by atoms with Gasteiger partial charge >= 0.3 is 0 Å². The zero-order valence-electron chi connectivity index (χ0n) is 14.4. The van der Waals surface area contributed by atoms with Crippen molar-refractivity contribution >= 4 is 11.8 Å². The van der Waals surface area contributed by atoms with E-state index in [1.807, 2.05) is 4.90 Å². The van der Waals surface area contributed by atoms with Crippen LogP contribution in [0.1, 0.15) is 62.5 Å². The SMILES string of the molecule is CC(=O)N1CCC2(CC1)CC(CC(=O)NC1CC1)c1ccccc12. The van der Waals surface area contributed by atoms with Gasteiger partial charge in [-0.15, -0.1) is 0 Å². The Hall–Kier alpha value is -1.84. The molecule has 1 spiro atoms. The maximum atomic E-state index is 12.3. The topological polar surface area (TPSA) is 49.4 Å². The average Bonchev–Trinajstić information content (AvgIpc) is 3.33. The van der Waals surface area contributed by atoms with Crippen LogP contribution in [0, 0.1) is 0 Å². The standard InChI is InChI=1S/C20H26N2O2/c1-14(23)22-10-8-20(9-11-22)13-15(12-19(24)21-16-6-7-16)17-4-2-3-5-18(17)20/h2-5,15-16H,6-13H2,1H3,(H,21,24). The molecule has 2 fully saturated rings. The monoisotopic (exact) mass is 326 g/mol. The maximum Gasteiger partial charge on any atom is 0.220 e. The van der Waals surface area contributed by atoms with Gasteiger partial charge < -0.3 is 10.2 Å². The molecule has 1 N–H and O–H groups in total. The van der Waals surface area contributed by atoms with Gasteiger partial charge in [0.1, 0.15) is 0 Å². The van der Waals surface area contributed by atoms with Crippen molar-refractivity contribution in [2.24, 2.45) is 0 Å². The number of nitrogens with zero attached hydrogens (tertiary/aromatic N) is 1. The smallest absolute Gasteiger partial charge is 0.220 e. The number of rotatable bonds is 3. The second kappa shape index (κ2) is 5.91. The van der Waals surface area contributed by atoms with E-state index in [1.54, 1.807) is 6.92 Å². The minimum atomic E-state index is 0.160. The van der Waals surface area contributed by atoms with Crippen molar-refractivity contribution in [1.29, 1.82) is 0 Å². The molecular weight excluding hydrogens is 300 g/mol. The first-order valence-corrected chi connectivity index (χ1v) is 9.22. The Bertz CT molecular complexity index is 657. The molecule has 0 bridgehead atoms. The van der Waals surface area contributed by atoms with Gasteiger partial charge in [-0.2, -0.15) is 0 Å². The van der Waals surface area contributed by atoms with Crippen LogP contribution in [0.4, 0.5) is 0 Å². The summed E-state index contributed by atoms with van der Waals surface area (Å²) in [6.45, 7) is 3.33. The first-order valence-electron chi connectivity index (χ1n) is 9.22. The molecule has 0 aromatic heterocycles. The van der Waals surface area contributed by atoms with Crippen molar-refractivity contribution in [3.05, 3.63) is 35.4 Å². The van der Waals surface area contributed by atoms with E-state index in [-0.39, 0.29) is 17.2 Å². The van der Waals surface area contributed by atoms with E-state index in [1.165, 1.54) is 11.1 Å². The highest BCUT2D eigenvalue weighted by atomic mass is 16.2. The lowest BCUT2D eigenvalue weighted by atomic mass is 9.73. The van der Waals surface area contributed by atoms with Crippen molar-refractivity contribution in [2.75, 3.05) is 13.1 Å². The third-order valence-electron chi connectivity index (χ3n) is 6.15. The second-order valence-corrected chi connectivity index (χ2v) is 7.82. The van der Waals surface area contributed by atoms with E-state index in [2.05, 4.69) is 29.6 Å². The lowest BCUT2D eigenvalue weighted by Crippen LogP contribution is -2.43. The highest BCUT2D eigenvalue weighted by molar-refractivity contribution is 5.78. The largest absolute Gasteiger partial charge is 0.353 e. The number of amides is 2. The van der Waals surface area contributed by atoms with Gasteiger partial charge in [0.25, 0.3) is 0 Å². The minimum absolute atomic E-state index is 0.160. The molecule has 128 valence electrons. The molecule has 1 atom stereocenters.